The molecule has 2 nitrogen and oxygen atoms in total. The SMILES string of the molecule is Fc1cc(Br)cc(-c2ncc[nH]2)c1. The van der Waals surface area contributed by atoms with Gasteiger partial charge in [0.1, 0.15) is 11.6 Å². The van der Waals surface area contributed by atoms with Gasteiger partial charge >= 0.3 is 0 Å². The Bertz CT molecular complexity index is 391. The number of imidazole rings is 1. The number of benzene rings is 1. The molecular weight excluding hydrogens is 235 g/mol. The molecule has 1 aromatic carbocycles. The second-order valence-electron chi connectivity index (χ2n) is 2.60. The number of rotatable bonds is 1. The molecule has 66 valence electrons. The first-order valence-corrected chi connectivity index (χ1v) is 4.51. The Labute approximate surface area is 83.0 Å². The van der Waals surface area contributed by atoms with E-state index in [0.717, 1.165) is 5.56 Å². The van der Waals surface area contributed by atoms with Crippen molar-refractivity contribution in [2.45, 2.75) is 0 Å². The lowest BCUT2D eigenvalue weighted by Crippen LogP contribution is -1.82. The molecule has 0 saturated carbocycles. The molecule has 0 aliphatic rings. The van der Waals surface area contributed by atoms with Gasteiger partial charge in [-0.1, -0.05) is 15.9 Å². The van der Waals surface area contributed by atoms with E-state index in [2.05, 4.69) is 25.9 Å². The molecule has 13 heavy (non-hydrogen) atoms. The van der Waals surface area contributed by atoms with Crippen molar-refractivity contribution in [1.29, 1.82) is 0 Å². The number of H-pyrrole nitrogens is 1. The first kappa shape index (κ1) is 8.44. The topological polar surface area (TPSA) is 28.7 Å². The summed E-state index contributed by atoms with van der Waals surface area (Å²) in [7, 11) is 0. The monoisotopic (exact) mass is 240 g/mol. The third kappa shape index (κ3) is 1.78. The number of halogens is 2. The number of nitrogens with one attached hydrogen (secondary N) is 1. The van der Waals surface area contributed by atoms with Crippen molar-refractivity contribution in [3.8, 4) is 11.4 Å². The van der Waals surface area contributed by atoms with Crippen LogP contribution in [0.1, 0.15) is 0 Å². The minimum Gasteiger partial charge on any atom is -0.345 e. The molecule has 2 rings (SSSR count). The Kier molecular flexibility index (Phi) is 2.14. The molecule has 0 saturated heterocycles. The zero-order valence-electron chi connectivity index (χ0n) is 6.59. The smallest absolute Gasteiger partial charge is 0.137 e. The molecule has 0 spiro atoms. The Morgan fingerprint density at radius 2 is 2.15 bits per heavy atom. The summed E-state index contributed by atoms with van der Waals surface area (Å²) in [6, 6.07) is 4.65. The highest BCUT2D eigenvalue weighted by Crippen LogP contribution is 2.21. The van der Waals surface area contributed by atoms with Crippen LogP contribution >= 0.6 is 15.9 Å². The van der Waals surface area contributed by atoms with Gasteiger partial charge in [0.05, 0.1) is 0 Å². The third-order valence-corrected chi connectivity index (χ3v) is 2.09. The Balaban J connectivity index is 2.53. The Morgan fingerprint density at radius 1 is 1.31 bits per heavy atom. The summed E-state index contributed by atoms with van der Waals surface area (Å²) in [5.41, 5.74) is 0.733. The molecule has 0 amide bonds. The average molecular weight is 241 g/mol. The van der Waals surface area contributed by atoms with Crippen LogP contribution in [0, 0.1) is 5.82 Å². The summed E-state index contributed by atoms with van der Waals surface area (Å²) >= 11 is 3.22. The molecule has 1 N–H and O–H groups in total. The van der Waals surface area contributed by atoms with Gasteiger partial charge in [-0.05, 0) is 18.2 Å². The number of aromatic amines is 1. The molecule has 0 bridgehead atoms. The maximum absolute atomic E-state index is 12.9. The average Bonchev–Trinajstić information content (AvgIpc) is 2.53. The predicted octanol–water partition coefficient (Wildman–Crippen LogP) is 2.98. The van der Waals surface area contributed by atoms with E-state index in [1.165, 1.54) is 12.1 Å². The normalized spacial score (nSPS) is 10.3. The van der Waals surface area contributed by atoms with Gasteiger partial charge in [-0.3, -0.25) is 0 Å². The van der Waals surface area contributed by atoms with Crippen LogP contribution in [0.2, 0.25) is 0 Å². The number of hydrogen-bond donors (Lipinski definition) is 1. The van der Waals surface area contributed by atoms with Gasteiger partial charge in [-0.15, -0.1) is 0 Å². The van der Waals surface area contributed by atoms with Crippen molar-refractivity contribution in [1.82, 2.24) is 9.97 Å². The second-order valence-corrected chi connectivity index (χ2v) is 3.51. The maximum atomic E-state index is 12.9. The van der Waals surface area contributed by atoms with Crippen LogP contribution in [0.25, 0.3) is 11.4 Å². The van der Waals surface area contributed by atoms with Gasteiger partial charge in [0.25, 0.3) is 0 Å². The standard InChI is InChI=1S/C9H6BrFN2/c10-7-3-6(4-8(11)5-7)9-12-1-2-13-9/h1-5H,(H,12,13). The number of hydrogen-bond acceptors (Lipinski definition) is 1. The van der Waals surface area contributed by atoms with Gasteiger partial charge in [-0.25, -0.2) is 9.37 Å². The fraction of sp³-hybridized carbons (Fsp3) is 0. The highest BCUT2D eigenvalue weighted by molar-refractivity contribution is 9.10. The minimum absolute atomic E-state index is 0.277. The van der Waals surface area contributed by atoms with Crippen LogP contribution < -0.4 is 0 Å². The van der Waals surface area contributed by atoms with E-state index < -0.39 is 0 Å². The van der Waals surface area contributed by atoms with Crippen LogP contribution in [0.3, 0.4) is 0 Å². The molecule has 0 radical (unpaired) electrons. The quantitative estimate of drug-likeness (QED) is 0.816. The van der Waals surface area contributed by atoms with E-state index in [1.807, 2.05) is 6.07 Å². The van der Waals surface area contributed by atoms with Gasteiger partial charge < -0.3 is 4.98 Å². The number of nitrogens with zero attached hydrogens (tertiary/aromatic N) is 1. The van der Waals surface area contributed by atoms with Gasteiger partial charge in [0.15, 0.2) is 0 Å². The zero-order valence-corrected chi connectivity index (χ0v) is 8.18. The van der Waals surface area contributed by atoms with E-state index in [1.54, 1.807) is 12.4 Å². The fourth-order valence-electron chi connectivity index (χ4n) is 1.11. The molecule has 0 atom stereocenters. The van der Waals surface area contributed by atoms with Crippen LogP contribution in [0.5, 0.6) is 0 Å². The number of aromatic nitrogens is 2. The Morgan fingerprint density at radius 3 is 2.77 bits per heavy atom. The summed E-state index contributed by atoms with van der Waals surface area (Å²) in [6.07, 6.45) is 3.34. The summed E-state index contributed by atoms with van der Waals surface area (Å²) in [6.45, 7) is 0. The van der Waals surface area contributed by atoms with Crippen LogP contribution in [-0.2, 0) is 0 Å². The van der Waals surface area contributed by atoms with E-state index in [4.69, 9.17) is 0 Å². The molecule has 0 unspecified atom stereocenters. The van der Waals surface area contributed by atoms with Crippen molar-refractivity contribution in [2.75, 3.05) is 0 Å². The molecule has 4 heteroatoms. The van der Waals surface area contributed by atoms with E-state index >= 15 is 0 Å². The molecular formula is C9H6BrFN2. The van der Waals surface area contributed by atoms with Crippen LogP contribution in [0.15, 0.2) is 35.1 Å². The summed E-state index contributed by atoms with van der Waals surface area (Å²) in [4.78, 5) is 6.93. The molecule has 0 fully saturated rings. The predicted molar refractivity (Wildman–Crippen MR) is 51.7 cm³/mol. The highest BCUT2D eigenvalue weighted by Gasteiger charge is 2.02. The molecule has 0 aliphatic heterocycles. The summed E-state index contributed by atoms with van der Waals surface area (Å²) in [5.74, 6) is 0.390. The third-order valence-electron chi connectivity index (χ3n) is 1.63. The lowest BCUT2D eigenvalue weighted by atomic mass is 10.2. The van der Waals surface area contributed by atoms with Gasteiger partial charge in [0, 0.05) is 22.4 Å². The van der Waals surface area contributed by atoms with Crippen molar-refractivity contribution in [3.05, 3.63) is 40.9 Å². The van der Waals surface area contributed by atoms with Crippen molar-refractivity contribution in [2.24, 2.45) is 0 Å². The van der Waals surface area contributed by atoms with Crippen molar-refractivity contribution in [3.63, 3.8) is 0 Å². The first-order valence-electron chi connectivity index (χ1n) is 3.71. The van der Waals surface area contributed by atoms with E-state index in [-0.39, 0.29) is 5.82 Å². The molecule has 0 aliphatic carbocycles. The lowest BCUT2D eigenvalue weighted by Gasteiger charge is -1.98. The van der Waals surface area contributed by atoms with Crippen molar-refractivity contribution < 1.29 is 4.39 Å². The minimum atomic E-state index is -0.277. The zero-order chi connectivity index (χ0) is 9.26. The first-order chi connectivity index (χ1) is 6.25. The lowest BCUT2D eigenvalue weighted by molar-refractivity contribution is 0.627. The summed E-state index contributed by atoms with van der Waals surface area (Å²) in [5, 5.41) is 0. The molecule has 1 aromatic heterocycles. The van der Waals surface area contributed by atoms with Crippen LogP contribution in [-0.4, -0.2) is 9.97 Å². The van der Waals surface area contributed by atoms with Gasteiger partial charge in [-0.2, -0.15) is 0 Å². The second kappa shape index (κ2) is 3.30. The van der Waals surface area contributed by atoms with Gasteiger partial charge in [0.2, 0.25) is 0 Å². The molecule has 2 aromatic rings. The van der Waals surface area contributed by atoms with E-state index in [9.17, 15) is 4.39 Å². The van der Waals surface area contributed by atoms with E-state index in [0.29, 0.717) is 10.3 Å². The maximum Gasteiger partial charge on any atom is 0.137 e. The highest BCUT2D eigenvalue weighted by atomic mass is 79.9. The summed E-state index contributed by atoms with van der Waals surface area (Å²) < 4.78 is 13.7. The molecule has 1 heterocycles. The largest absolute Gasteiger partial charge is 0.345 e. The van der Waals surface area contributed by atoms with Crippen LogP contribution in [0.4, 0.5) is 4.39 Å². The Hall–Kier alpha value is -1.16. The van der Waals surface area contributed by atoms with Crippen molar-refractivity contribution >= 4 is 15.9 Å². The fourth-order valence-corrected chi connectivity index (χ4v) is 1.58.